The molecule has 0 saturated carbocycles. The van der Waals surface area contributed by atoms with Crippen molar-refractivity contribution in [3.63, 3.8) is 0 Å². The number of alkyl halides is 3. The average Bonchev–Trinajstić information content (AvgIpc) is 3.25. The topological polar surface area (TPSA) is 102 Å². The van der Waals surface area contributed by atoms with Gasteiger partial charge in [-0.3, -0.25) is 4.79 Å². The Morgan fingerprint density at radius 2 is 1.78 bits per heavy atom. The number of nitrogen functional groups attached to an aromatic ring is 1. The van der Waals surface area contributed by atoms with Crippen molar-refractivity contribution in [3.05, 3.63) is 78.4 Å². The molecule has 0 aliphatic carbocycles. The van der Waals surface area contributed by atoms with Crippen molar-refractivity contribution in [2.75, 3.05) is 22.5 Å². The zero-order chi connectivity index (χ0) is 26.7. The number of hydrogen-bond donors (Lipinski definition) is 2. The van der Waals surface area contributed by atoms with Gasteiger partial charge in [0, 0.05) is 23.5 Å². The van der Waals surface area contributed by atoms with Gasteiger partial charge < -0.3 is 20.5 Å². The minimum atomic E-state index is -4.53. The number of aryl methyl sites for hydroxylation is 1. The molecule has 3 N–H and O–H groups in total. The number of imidazole rings is 1. The molecule has 0 unspecified atom stereocenters. The molecular formula is C26H26F3N7O. The third-order valence-corrected chi connectivity index (χ3v) is 5.63. The van der Waals surface area contributed by atoms with Gasteiger partial charge in [0.15, 0.2) is 0 Å². The summed E-state index contributed by atoms with van der Waals surface area (Å²) >= 11 is 0. The van der Waals surface area contributed by atoms with Crippen molar-refractivity contribution in [1.82, 2.24) is 19.5 Å². The molecule has 0 aliphatic heterocycles. The number of aromatic nitrogens is 4. The van der Waals surface area contributed by atoms with Crippen molar-refractivity contribution in [2.45, 2.75) is 33.0 Å². The van der Waals surface area contributed by atoms with E-state index in [0.717, 1.165) is 10.7 Å². The lowest BCUT2D eigenvalue weighted by Gasteiger charge is -2.24. The van der Waals surface area contributed by atoms with Crippen LogP contribution >= 0.6 is 0 Å². The second-order valence-corrected chi connectivity index (χ2v) is 8.69. The molecule has 0 fully saturated rings. The lowest BCUT2D eigenvalue weighted by atomic mass is 10.1. The van der Waals surface area contributed by atoms with Gasteiger partial charge in [0.05, 0.1) is 29.0 Å². The molecule has 0 bridgehead atoms. The van der Waals surface area contributed by atoms with Crippen LogP contribution in [0.25, 0.3) is 11.4 Å². The molecule has 0 saturated heterocycles. The summed E-state index contributed by atoms with van der Waals surface area (Å²) in [7, 11) is 0. The maximum absolute atomic E-state index is 13.6. The number of benzene rings is 2. The number of carbonyl (C=O) groups is 1. The van der Waals surface area contributed by atoms with Crippen molar-refractivity contribution in [1.29, 1.82) is 0 Å². The molecule has 4 aromatic rings. The molecule has 2 aromatic heterocycles. The van der Waals surface area contributed by atoms with E-state index >= 15 is 0 Å². The van der Waals surface area contributed by atoms with Crippen molar-refractivity contribution in [2.24, 2.45) is 0 Å². The van der Waals surface area contributed by atoms with Crippen LogP contribution in [0.2, 0.25) is 0 Å². The molecule has 1 amide bonds. The molecule has 2 aromatic carbocycles. The molecule has 0 aliphatic rings. The number of nitrogens with zero attached hydrogens (tertiary/aromatic N) is 5. The Balaban J connectivity index is 1.66. The summed E-state index contributed by atoms with van der Waals surface area (Å²) < 4.78 is 42.7. The SMILES string of the molecule is Cc1ncc(-c2ccnc(N(CC(F)(F)F)c3ccc(C(=O)Nc4ccccc4N)cc3)n2)n1C(C)C. The number of rotatable bonds is 7. The molecular weight excluding hydrogens is 483 g/mol. The Labute approximate surface area is 212 Å². The van der Waals surface area contributed by atoms with Crippen LogP contribution in [0.1, 0.15) is 36.1 Å². The minimum absolute atomic E-state index is 0.0760. The van der Waals surface area contributed by atoms with Crippen LogP contribution < -0.4 is 16.0 Å². The maximum atomic E-state index is 13.6. The van der Waals surface area contributed by atoms with Crippen LogP contribution in [0, 0.1) is 6.92 Å². The number of halogens is 3. The highest BCUT2D eigenvalue weighted by Gasteiger charge is 2.33. The summed E-state index contributed by atoms with van der Waals surface area (Å²) in [5.74, 6) is 0.198. The highest BCUT2D eigenvalue weighted by Crippen LogP contribution is 2.30. The Hall–Kier alpha value is -4.41. The van der Waals surface area contributed by atoms with Gasteiger partial charge in [0.1, 0.15) is 12.4 Å². The van der Waals surface area contributed by atoms with Gasteiger partial charge >= 0.3 is 6.18 Å². The number of nitrogens with two attached hydrogens (primary N) is 1. The number of para-hydroxylation sites is 2. The smallest absolute Gasteiger partial charge is 0.397 e. The lowest BCUT2D eigenvalue weighted by Crippen LogP contribution is -2.32. The lowest BCUT2D eigenvalue weighted by molar-refractivity contribution is -0.118. The number of amides is 1. The normalized spacial score (nSPS) is 11.5. The molecule has 0 atom stereocenters. The Bertz CT molecular complexity index is 1400. The summed E-state index contributed by atoms with van der Waals surface area (Å²) in [4.78, 5) is 26.5. The van der Waals surface area contributed by atoms with Crippen LogP contribution in [-0.2, 0) is 0 Å². The van der Waals surface area contributed by atoms with Crippen molar-refractivity contribution < 1.29 is 18.0 Å². The second kappa shape index (κ2) is 10.3. The van der Waals surface area contributed by atoms with Gasteiger partial charge in [-0.05, 0) is 63.2 Å². The Kier molecular flexibility index (Phi) is 7.14. The molecule has 0 radical (unpaired) electrons. The van der Waals surface area contributed by atoms with Gasteiger partial charge in [-0.25, -0.2) is 15.0 Å². The fourth-order valence-electron chi connectivity index (χ4n) is 3.97. The zero-order valence-corrected chi connectivity index (χ0v) is 20.5. The third kappa shape index (κ3) is 5.88. The Morgan fingerprint density at radius 3 is 2.43 bits per heavy atom. The van der Waals surface area contributed by atoms with Crippen LogP contribution in [0.4, 0.5) is 36.2 Å². The van der Waals surface area contributed by atoms with Gasteiger partial charge in [-0.2, -0.15) is 13.2 Å². The van der Waals surface area contributed by atoms with Gasteiger partial charge in [-0.15, -0.1) is 0 Å². The number of nitrogens with one attached hydrogen (secondary N) is 1. The highest BCUT2D eigenvalue weighted by atomic mass is 19.4. The predicted octanol–water partition coefficient (Wildman–Crippen LogP) is 5.76. The summed E-state index contributed by atoms with van der Waals surface area (Å²) in [6.07, 6.45) is -1.47. The summed E-state index contributed by atoms with van der Waals surface area (Å²) in [6.45, 7) is 4.51. The van der Waals surface area contributed by atoms with E-state index in [-0.39, 0.29) is 23.2 Å². The molecule has 4 rings (SSSR count). The Morgan fingerprint density at radius 1 is 1.08 bits per heavy atom. The number of hydrogen-bond acceptors (Lipinski definition) is 6. The summed E-state index contributed by atoms with van der Waals surface area (Å²) in [5.41, 5.74) is 8.26. The standard InChI is InChI=1S/C26H26F3N7O/c1-16(2)36-17(3)32-14-23(36)22-12-13-31-25(34-22)35(15-26(27,28)29)19-10-8-18(9-11-19)24(37)33-21-7-5-4-6-20(21)30/h4-14,16H,15,30H2,1-3H3,(H,33,37). The molecule has 2 heterocycles. The van der Waals surface area contributed by atoms with E-state index in [9.17, 15) is 18.0 Å². The van der Waals surface area contributed by atoms with E-state index in [1.165, 1.54) is 30.5 Å². The van der Waals surface area contributed by atoms with Crippen LogP contribution in [0.5, 0.6) is 0 Å². The minimum Gasteiger partial charge on any atom is -0.397 e. The first kappa shape index (κ1) is 25.7. The van der Waals surface area contributed by atoms with Crippen LogP contribution in [0.15, 0.2) is 67.0 Å². The first-order valence-electron chi connectivity index (χ1n) is 11.5. The monoisotopic (exact) mass is 509 g/mol. The molecule has 11 heteroatoms. The molecule has 8 nitrogen and oxygen atoms in total. The van der Waals surface area contributed by atoms with Gasteiger partial charge in [0.2, 0.25) is 5.95 Å². The van der Waals surface area contributed by atoms with Crippen molar-refractivity contribution in [3.8, 4) is 11.4 Å². The van der Waals surface area contributed by atoms with Crippen LogP contribution in [-0.4, -0.2) is 38.1 Å². The maximum Gasteiger partial charge on any atom is 0.406 e. The molecule has 0 spiro atoms. The van der Waals surface area contributed by atoms with Crippen molar-refractivity contribution >= 4 is 28.9 Å². The predicted molar refractivity (Wildman–Crippen MR) is 137 cm³/mol. The van der Waals surface area contributed by atoms with E-state index in [1.54, 1.807) is 36.5 Å². The average molecular weight is 510 g/mol. The molecule has 192 valence electrons. The van der Waals surface area contributed by atoms with Gasteiger partial charge in [-0.1, -0.05) is 12.1 Å². The number of anilines is 4. The van der Waals surface area contributed by atoms with E-state index in [2.05, 4.69) is 20.3 Å². The summed E-state index contributed by atoms with van der Waals surface area (Å²) in [6, 6.07) is 14.2. The van der Waals surface area contributed by atoms with E-state index in [0.29, 0.717) is 22.8 Å². The van der Waals surface area contributed by atoms with E-state index < -0.39 is 18.6 Å². The fourth-order valence-corrected chi connectivity index (χ4v) is 3.97. The molecule has 37 heavy (non-hydrogen) atoms. The van der Waals surface area contributed by atoms with E-state index in [4.69, 9.17) is 5.73 Å². The summed E-state index contributed by atoms with van der Waals surface area (Å²) in [5, 5.41) is 2.70. The quantitative estimate of drug-likeness (QED) is 0.307. The highest BCUT2D eigenvalue weighted by molar-refractivity contribution is 6.05. The number of carbonyl (C=O) groups excluding carboxylic acids is 1. The first-order chi connectivity index (χ1) is 17.5. The van der Waals surface area contributed by atoms with Crippen LogP contribution in [0.3, 0.4) is 0 Å². The third-order valence-electron chi connectivity index (χ3n) is 5.63. The second-order valence-electron chi connectivity index (χ2n) is 8.69. The van der Waals surface area contributed by atoms with Gasteiger partial charge in [0.25, 0.3) is 5.91 Å². The first-order valence-corrected chi connectivity index (χ1v) is 11.5. The zero-order valence-electron chi connectivity index (χ0n) is 20.5. The van der Waals surface area contributed by atoms with E-state index in [1.807, 2.05) is 25.3 Å². The fraction of sp³-hybridized carbons (Fsp3) is 0.231. The largest absolute Gasteiger partial charge is 0.406 e.